The van der Waals surface area contributed by atoms with E-state index in [1.807, 2.05) is 20.8 Å². The Kier molecular flexibility index (Phi) is 7.23. The van der Waals surface area contributed by atoms with Gasteiger partial charge in [0.25, 0.3) is 5.91 Å². The van der Waals surface area contributed by atoms with Gasteiger partial charge in [0.15, 0.2) is 17.2 Å². The number of phenolic OH excluding ortho intramolecular Hbond substituents is 1. The number of nitrogens with zero attached hydrogens (tertiary/aromatic N) is 1. The van der Waals surface area contributed by atoms with Gasteiger partial charge in [-0.1, -0.05) is 20.8 Å². The van der Waals surface area contributed by atoms with E-state index in [9.17, 15) is 39.6 Å². The Morgan fingerprint density at radius 3 is 2.33 bits per heavy atom. The van der Waals surface area contributed by atoms with Crippen molar-refractivity contribution < 1.29 is 39.6 Å². The molecule has 11 nitrogen and oxygen atoms in total. The van der Waals surface area contributed by atoms with E-state index in [2.05, 4.69) is 5.32 Å². The van der Waals surface area contributed by atoms with Gasteiger partial charge in [-0.05, 0) is 56.8 Å². The number of likely N-dealkylation sites (N-methyl/N-ethyl adjacent to an activating group) is 1. The lowest BCUT2D eigenvalue weighted by Crippen LogP contribution is -2.65. The largest absolute Gasteiger partial charge is 0.508 e. The molecule has 1 fully saturated rings. The van der Waals surface area contributed by atoms with Gasteiger partial charge in [-0.15, -0.1) is 0 Å². The highest BCUT2D eigenvalue weighted by atomic mass is 16.3. The Labute approximate surface area is 232 Å². The molecular weight excluding hydrogens is 518 g/mol. The maximum atomic E-state index is 14.0. The van der Waals surface area contributed by atoms with Gasteiger partial charge in [0.2, 0.25) is 5.78 Å². The van der Waals surface area contributed by atoms with Crippen molar-refractivity contribution in [2.24, 2.45) is 23.0 Å². The lowest BCUT2D eigenvalue weighted by Gasteiger charge is -2.50. The molecule has 0 heterocycles. The van der Waals surface area contributed by atoms with Crippen LogP contribution in [0.15, 0.2) is 23.0 Å². The van der Waals surface area contributed by atoms with Gasteiger partial charge in [0.1, 0.15) is 22.8 Å². The Hall–Kier alpha value is -3.54. The van der Waals surface area contributed by atoms with Crippen molar-refractivity contribution >= 4 is 29.0 Å². The molecule has 0 radical (unpaired) electrons. The van der Waals surface area contributed by atoms with E-state index in [0.29, 0.717) is 17.7 Å². The monoisotopic (exact) mass is 555 g/mol. The number of aromatic hydroxyl groups is 1. The van der Waals surface area contributed by atoms with Crippen LogP contribution in [-0.2, 0) is 27.3 Å². The van der Waals surface area contributed by atoms with Crippen LogP contribution in [0, 0.1) is 17.3 Å². The number of carbonyl (C=O) groups is 4. The summed E-state index contributed by atoms with van der Waals surface area (Å²) in [7, 11) is 3.07. The van der Waals surface area contributed by atoms with Gasteiger partial charge >= 0.3 is 0 Å². The van der Waals surface area contributed by atoms with Crippen molar-refractivity contribution in [1.29, 1.82) is 0 Å². The third kappa shape index (κ3) is 4.42. The molecule has 1 amide bonds. The number of hydrogen-bond donors (Lipinski definition) is 6. The molecule has 11 heteroatoms. The number of phenols is 1. The highest BCUT2D eigenvalue weighted by molar-refractivity contribution is 6.24. The SMILES string of the molecule is CC(=O)c1cc(CNCC(C)(C)C)c(O)c2c1CC1CC3C(N(C)C)C(=O)C(C(N)=O)=C(O)C3(O)C(=O)C1=C2O. The van der Waals surface area contributed by atoms with Crippen molar-refractivity contribution in [3.05, 3.63) is 45.2 Å². The summed E-state index contributed by atoms with van der Waals surface area (Å²) >= 11 is 0. The minimum atomic E-state index is -2.71. The van der Waals surface area contributed by atoms with E-state index in [1.165, 1.54) is 25.9 Å². The van der Waals surface area contributed by atoms with Crippen molar-refractivity contribution in [3.63, 3.8) is 0 Å². The molecule has 3 aliphatic carbocycles. The normalized spacial score (nSPS) is 26.6. The van der Waals surface area contributed by atoms with Gasteiger partial charge in [-0.25, -0.2) is 0 Å². The van der Waals surface area contributed by atoms with Gasteiger partial charge in [-0.2, -0.15) is 0 Å². The summed E-state index contributed by atoms with van der Waals surface area (Å²) in [6.45, 7) is 8.25. The molecule has 216 valence electrons. The summed E-state index contributed by atoms with van der Waals surface area (Å²) in [6.07, 6.45) is 0.0193. The number of carbonyl (C=O) groups excluding carboxylic acids is 4. The predicted octanol–water partition coefficient (Wildman–Crippen LogP) is 1.30. The maximum Gasteiger partial charge on any atom is 0.255 e. The summed E-state index contributed by atoms with van der Waals surface area (Å²) in [4.78, 5) is 53.4. The second-order valence-corrected chi connectivity index (χ2v) is 12.5. The fourth-order valence-electron chi connectivity index (χ4n) is 6.39. The van der Waals surface area contributed by atoms with Crippen LogP contribution in [0.1, 0.15) is 61.2 Å². The van der Waals surface area contributed by atoms with Crippen LogP contribution in [0.25, 0.3) is 5.76 Å². The maximum absolute atomic E-state index is 14.0. The first-order chi connectivity index (χ1) is 18.4. The first-order valence-electron chi connectivity index (χ1n) is 13.2. The number of nitrogens with one attached hydrogen (secondary N) is 1. The first-order valence-corrected chi connectivity index (χ1v) is 13.2. The molecule has 4 unspecified atom stereocenters. The highest BCUT2D eigenvalue weighted by Crippen LogP contribution is 2.53. The smallest absolute Gasteiger partial charge is 0.255 e. The van der Waals surface area contributed by atoms with Crippen LogP contribution in [0.2, 0.25) is 0 Å². The number of ketones is 3. The number of fused-ring (bicyclic) bond motifs is 3. The molecule has 1 aromatic rings. The zero-order valence-corrected chi connectivity index (χ0v) is 23.6. The van der Waals surface area contributed by atoms with E-state index in [0.717, 1.165) is 0 Å². The Bertz CT molecular complexity index is 1400. The topological polar surface area (TPSA) is 190 Å². The number of nitrogens with two attached hydrogens (primary N) is 1. The molecule has 0 saturated heterocycles. The number of Topliss-reactive ketones (excluding diaryl/α,β-unsaturated/α-hetero) is 3. The number of aliphatic hydroxyl groups excluding tert-OH is 2. The molecule has 4 rings (SSSR count). The number of hydrogen-bond acceptors (Lipinski definition) is 10. The molecule has 7 N–H and O–H groups in total. The number of aliphatic hydroxyl groups is 3. The summed E-state index contributed by atoms with van der Waals surface area (Å²) in [6, 6.07) is 0.403. The zero-order valence-electron chi connectivity index (χ0n) is 23.6. The number of primary amides is 1. The van der Waals surface area contributed by atoms with Crippen molar-refractivity contribution in [2.45, 2.75) is 58.7 Å². The van der Waals surface area contributed by atoms with Crippen LogP contribution < -0.4 is 11.1 Å². The van der Waals surface area contributed by atoms with Crippen molar-refractivity contribution in [2.75, 3.05) is 20.6 Å². The second-order valence-electron chi connectivity index (χ2n) is 12.5. The minimum Gasteiger partial charge on any atom is -0.508 e. The molecule has 3 aliphatic rings. The third-order valence-corrected chi connectivity index (χ3v) is 8.15. The van der Waals surface area contributed by atoms with Gasteiger partial charge in [-0.3, -0.25) is 24.1 Å². The van der Waals surface area contributed by atoms with Crippen LogP contribution in [0.4, 0.5) is 0 Å². The van der Waals surface area contributed by atoms with Gasteiger partial charge < -0.3 is 31.5 Å². The van der Waals surface area contributed by atoms with E-state index in [-0.39, 0.29) is 53.0 Å². The minimum absolute atomic E-state index is 0.0429. The quantitative estimate of drug-likeness (QED) is 0.220. The molecule has 0 bridgehead atoms. The van der Waals surface area contributed by atoms with E-state index >= 15 is 0 Å². The molecule has 0 spiro atoms. The Morgan fingerprint density at radius 1 is 1.18 bits per heavy atom. The standard InChI is InChI=1S/C29H37N3O8/c1-12(33)15-8-14(10-31-11-28(2,3)4)22(34)19-16(15)7-13-9-17-21(32(5)6)24(36)20(27(30)39)26(38)29(17,40)25(37)18(13)23(19)35/h8,13,17,21,31,34-35,38,40H,7,9-11H2,1-6H3,(H2,30,39). The summed E-state index contributed by atoms with van der Waals surface area (Å²) in [5.41, 5.74) is 2.36. The highest BCUT2D eigenvalue weighted by Gasteiger charge is 2.64. The molecular formula is C29H37N3O8. The lowest BCUT2D eigenvalue weighted by molar-refractivity contribution is -0.153. The van der Waals surface area contributed by atoms with Gasteiger partial charge in [0.05, 0.1) is 11.6 Å². The van der Waals surface area contributed by atoms with E-state index < -0.39 is 58.0 Å². The third-order valence-electron chi connectivity index (χ3n) is 8.15. The van der Waals surface area contributed by atoms with E-state index in [1.54, 1.807) is 6.07 Å². The number of amides is 1. The molecule has 1 aromatic carbocycles. The molecule has 4 atom stereocenters. The molecule has 40 heavy (non-hydrogen) atoms. The lowest BCUT2D eigenvalue weighted by atomic mass is 9.57. The zero-order chi connectivity index (χ0) is 30.1. The fraction of sp³-hybridized carbons (Fsp3) is 0.517. The fourth-order valence-corrected chi connectivity index (χ4v) is 6.39. The van der Waals surface area contributed by atoms with Crippen molar-refractivity contribution in [1.82, 2.24) is 10.2 Å². The summed E-state index contributed by atoms with van der Waals surface area (Å²) < 4.78 is 0. The molecule has 0 aromatic heterocycles. The average molecular weight is 556 g/mol. The molecule has 1 saturated carbocycles. The van der Waals surface area contributed by atoms with E-state index in [4.69, 9.17) is 5.73 Å². The first kappa shape index (κ1) is 29.4. The Balaban J connectivity index is 1.92. The summed E-state index contributed by atoms with van der Waals surface area (Å²) in [5.74, 6) is -7.49. The number of benzene rings is 1. The van der Waals surface area contributed by atoms with Crippen LogP contribution in [0.5, 0.6) is 5.75 Å². The van der Waals surface area contributed by atoms with Crippen molar-refractivity contribution in [3.8, 4) is 5.75 Å². The van der Waals surface area contributed by atoms with Crippen LogP contribution >= 0.6 is 0 Å². The number of rotatable bonds is 6. The van der Waals surface area contributed by atoms with Gasteiger partial charge in [0, 0.05) is 35.7 Å². The average Bonchev–Trinajstić information content (AvgIpc) is 2.81. The molecule has 0 aliphatic heterocycles. The summed E-state index contributed by atoms with van der Waals surface area (Å²) in [5, 5.41) is 48.6. The second kappa shape index (κ2) is 9.83. The predicted molar refractivity (Wildman–Crippen MR) is 145 cm³/mol. The van der Waals surface area contributed by atoms with Crippen LogP contribution in [0.3, 0.4) is 0 Å². The Morgan fingerprint density at radius 2 is 1.80 bits per heavy atom. The van der Waals surface area contributed by atoms with Crippen LogP contribution in [-0.4, -0.2) is 80.9 Å².